The van der Waals surface area contributed by atoms with Gasteiger partial charge in [0.1, 0.15) is 5.75 Å². The number of halogens is 1. The molecule has 3 nitrogen and oxygen atoms in total. The predicted octanol–water partition coefficient (Wildman–Crippen LogP) is 3.91. The van der Waals surface area contributed by atoms with Gasteiger partial charge in [0.25, 0.3) is 5.91 Å². The van der Waals surface area contributed by atoms with E-state index in [-0.39, 0.29) is 22.7 Å². The van der Waals surface area contributed by atoms with Crippen LogP contribution in [0.4, 0.5) is 0 Å². The van der Waals surface area contributed by atoms with E-state index in [1.165, 1.54) is 22.6 Å². The minimum atomic E-state index is -0.157. The van der Waals surface area contributed by atoms with Crippen molar-refractivity contribution in [2.24, 2.45) is 0 Å². The smallest absolute Gasteiger partial charge is 0.251 e. The normalized spacial score (nSPS) is 17.6. The first-order valence-electron chi connectivity index (χ1n) is 6.51. The van der Waals surface area contributed by atoms with E-state index in [0.29, 0.717) is 5.56 Å². The van der Waals surface area contributed by atoms with Crippen molar-refractivity contribution >= 4 is 28.8 Å². The van der Waals surface area contributed by atoms with Crippen LogP contribution in [0.15, 0.2) is 29.6 Å². The molecule has 0 aliphatic heterocycles. The van der Waals surface area contributed by atoms with Crippen LogP contribution >= 0.6 is 22.9 Å². The van der Waals surface area contributed by atoms with Crippen LogP contribution in [0, 0.1) is 0 Å². The molecule has 2 N–H and O–H groups in total. The minimum absolute atomic E-state index is 0.0130. The molecule has 1 unspecified atom stereocenters. The summed E-state index contributed by atoms with van der Waals surface area (Å²) in [5, 5.41) is 14.7. The third-order valence-corrected chi connectivity index (χ3v) is 4.87. The number of carbonyl (C=O) groups is 1. The van der Waals surface area contributed by atoms with Crippen LogP contribution < -0.4 is 5.32 Å². The van der Waals surface area contributed by atoms with Gasteiger partial charge in [0.05, 0.1) is 11.1 Å². The van der Waals surface area contributed by atoms with E-state index in [0.717, 1.165) is 19.3 Å². The molecular weight excluding hydrogens is 294 g/mol. The number of rotatable bonds is 2. The highest BCUT2D eigenvalue weighted by molar-refractivity contribution is 7.10. The SMILES string of the molecule is O=C(NC1CCCc2sccc21)c1ccc(O)c(Cl)c1. The first kappa shape index (κ1) is 13.5. The van der Waals surface area contributed by atoms with Crippen LogP contribution in [0.2, 0.25) is 5.02 Å². The Morgan fingerprint density at radius 3 is 3.05 bits per heavy atom. The summed E-state index contributed by atoms with van der Waals surface area (Å²) >= 11 is 7.59. The topological polar surface area (TPSA) is 49.3 Å². The molecule has 1 amide bonds. The van der Waals surface area contributed by atoms with Crippen molar-refractivity contribution in [1.82, 2.24) is 5.32 Å². The van der Waals surface area contributed by atoms with Crippen LogP contribution in [0.5, 0.6) is 5.75 Å². The van der Waals surface area contributed by atoms with Crippen LogP contribution in [-0.4, -0.2) is 11.0 Å². The van der Waals surface area contributed by atoms with Crippen molar-refractivity contribution in [3.63, 3.8) is 0 Å². The summed E-state index contributed by atoms with van der Waals surface area (Å²) in [6.07, 6.45) is 3.15. The summed E-state index contributed by atoms with van der Waals surface area (Å²) in [5.41, 5.74) is 1.70. The third-order valence-electron chi connectivity index (χ3n) is 3.57. The van der Waals surface area contributed by atoms with Gasteiger partial charge in [-0.05, 0) is 54.5 Å². The zero-order valence-electron chi connectivity index (χ0n) is 10.7. The van der Waals surface area contributed by atoms with Crippen LogP contribution in [0.3, 0.4) is 0 Å². The number of benzene rings is 1. The van der Waals surface area contributed by atoms with Gasteiger partial charge in [0.15, 0.2) is 0 Å². The number of phenolic OH excluding ortho intramolecular Hbond substituents is 1. The Morgan fingerprint density at radius 2 is 2.25 bits per heavy atom. The second-order valence-corrected chi connectivity index (χ2v) is 6.29. The van der Waals surface area contributed by atoms with E-state index in [9.17, 15) is 9.90 Å². The van der Waals surface area contributed by atoms with E-state index in [4.69, 9.17) is 11.6 Å². The van der Waals surface area contributed by atoms with Crippen molar-refractivity contribution in [2.45, 2.75) is 25.3 Å². The highest BCUT2D eigenvalue weighted by Crippen LogP contribution is 2.33. The third kappa shape index (κ3) is 2.53. The molecule has 0 fully saturated rings. The lowest BCUT2D eigenvalue weighted by atomic mass is 9.94. The first-order chi connectivity index (χ1) is 9.65. The molecule has 5 heteroatoms. The van der Waals surface area contributed by atoms with Gasteiger partial charge in [0.2, 0.25) is 0 Å². The van der Waals surface area contributed by atoms with E-state index >= 15 is 0 Å². The molecule has 0 radical (unpaired) electrons. The number of carbonyl (C=O) groups excluding carboxylic acids is 1. The number of aromatic hydroxyl groups is 1. The van der Waals surface area contributed by atoms with Gasteiger partial charge in [-0.2, -0.15) is 0 Å². The quantitative estimate of drug-likeness (QED) is 0.883. The van der Waals surface area contributed by atoms with Gasteiger partial charge in [-0.1, -0.05) is 11.6 Å². The molecule has 2 aromatic rings. The molecule has 20 heavy (non-hydrogen) atoms. The number of fused-ring (bicyclic) bond motifs is 1. The number of hydrogen-bond acceptors (Lipinski definition) is 3. The fourth-order valence-corrected chi connectivity index (χ4v) is 3.69. The number of aryl methyl sites for hydroxylation is 1. The van der Waals surface area contributed by atoms with E-state index < -0.39 is 0 Å². The number of phenols is 1. The molecule has 1 atom stereocenters. The maximum absolute atomic E-state index is 12.3. The molecule has 1 aromatic carbocycles. The summed E-state index contributed by atoms with van der Waals surface area (Å²) in [4.78, 5) is 13.6. The van der Waals surface area contributed by atoms with E-state index in [1.54, 1.807) is 17.4 Å². The molecule has 0 spiro atoms. The Kier molecular flexibility index (Phi) is 3.68. The highest BCUT2D eigenvalue weighted by atomic mass is 35.5. The number of nitrogens with one attached hydrogen (secondary N) is 1. The second kappa shape index (κ2) is 5.46. The molecule has 0 saturated carbocycles. The Morgan fingerprint density at radius 1 is 1.40 bits per heavy atom. The maximum Gasteiger partial charge on any atom is 0.251 e. The van der Waals surface area contributed by atoms with Gasteiger partial charge in [0, 0.05) is 10.4 Å². The van der Waals surface area contributed by atoms with Crippen molar-refractivity contribution in [3.05, 3.63) is 50.7 Å². The Balaban J connectivity index is 1.79. The largest absolute Gasteiger partial charge is 0.506 e. The molecule has 3 rings (SSSR count). The van der Waals surface area contributed by atoms with Crippen LogP contribution in [0.25, 0.3) is 0 Å². The highest BCUT2D eigenvalue weighted by Gasteiger charge is 2.23. The summed E-state index contributed by atoms with van der Waals surface area (Å²) in [7, 11) is 0. The average Bonchev–Trinajstić information content (AvgIpc) is 2.91. The van der Waals surface area contributed by atoms with Crippen LogP contribution in [-0.2, 0) is 6.42 Å². The van der Waals surface area contributed by atoms with Crippen LogP contribution in [0.1, 0.15) is 39.7 Å². The van der Waals surface area contributed by atoms with E-state index in [2.05, 4.69) is 16.8 Å². The average molecular weight is 308 g/mol. The molecular formula is C15H14ClNO2S. The molecule has 1 aromatic heterocycles. The zero-order chi connectivity index (χ0) is 14.1. The Labute approximate surface area is 126 Å². The number of hydrogen-bond donors (Lipinski definition) is 2. The molecule has 0 bridgehead atoms. The molecule has 104 valence electrons. The van der Waals surface area contributed by atoms with Crippen molar-refractivity contribution < 1.29 is 9.90 Å². The fourth-order valence-electron chi connectivity index (χ4n) is 2.53. The zero-order valence-corrected chi connectivity index (χ0v) is 12.3. The second-order valence-electron chi connectivity index (χ2n) is 4.88. The van der Waals surface area contributed by atoms with Gasteiger partial charge >= 0.3 is 0 Å². The van der Waals surface area contributed by atoms with E-state index in [1.807, 2.05) is 0 Å². The Hall–Kier alpha value is -1.52. The molecule has 1 heterocycles. The lowest BCUT2D eigenvalue weighted by molar-refractivity contribution is 0.0933. The molecule has 0 saturated heterocycles. The molecule has 1 aliphatic rings. The lowest BCUT2D eigenvalue weighted by Crippen LogP contribution is -2.30. The van der Waals surface area contributed by atoms with Gasteiger partial charge in [-0.15, -0.1) is 11.3 Å². The standard InChI is InChI=1S/C15H14ClNO2S/c16-11-8-9(4-5-13(11)18)15(19)17-12-2-1-3-14-10(12)6-7-20-14/h4-8,12,18H,1-3H2,(H,17,19). The minimum Gasteiger partial charge on any atom is -0.506 e. The summed E-state index contributed by atoms with van der Waals surface area (Å²) in [6.45, 7) is 0. The number of thiophene rings is 1. The summed E-state index contributed by atoms with van der Waals surface area (Å²) in [6, 6.07) is 6.67. The maximum atomic E-state index is 12.3. The van der Waals surface area contributed by atoms with Crippen molar-refractivity contribution in [2.75, 3.05) is 0 Å². The lowest BCUT2D eigenvalue weighted by Gasteiger charge is -2.23. The molecule has 1 aliphatic carbocycles. The summed E-state index contributed by atoms with van der Waals surface area (Å²) < 4.78 is 0. The van der Waals surface area contributed by atoms with Gasteiger partial charge in [-0.3, -0.25) is 4.79 Å². The van der Waals surface area contributed by atoms with Crippen molar-refractivity contribution in [3.8, 4) is 5.75 Å². The van der Waals surface area contributed by atoms with Gasteiger partial charge in [-0.25, -0.2) is 0 Å². The monoisotopic (exact) mass is 307 g/mol. The Bertz CT molecular complexity index is 653. The predicted molar refractivity (Wildman–Crippen MR) is 80.6 cm³/mol. The van der Waals surface area contributed by atoms with Gasteiger partial charge < -0.3 is 10.4 Å². The summed E-state index contributed by atoms with van der Waals surface area (Å²) in [5.74, 6) is -0.169. The van der Waals surface area contributed by atoms with Crippen molar-refractivity contribution in [1.29, 1.82) is 0 Å². The fraction of sp³-hybridized carbons (Fsp3) is 0.267. The number of amides is 1. The first-order valence-corrected chi connectivity index (χ1v) is 7.76.